The molecule has 7 rings (SSSR count). The van der Waals surface area contributed by atoms with Crippen molar-refractivity contribution < 1.29 is 28.2 Å². The lowest BCUT2D eigenvalue weighted by Crippen LogP contribution is -2.46. The van der Waals surface area contributed by atoms with Crippen LogP contribution in [0.1, 0.15) is 29.3 Å². The van der Waals surface area contributed by atoms with Crippen molar-refractivity contribution in [1.82, 2.24) is 19.8 Å². The number of para-hydroxylation sites is 1. The fraction of sp³-hybridized carbons (Fsp3) is 0.200. The van der Waals surface area contributed by atoms with E-state index in [4.69, 9.17) is 26.1 Å². The Morgan fingerprint density at radius 3 is 2.53 bits per heavy atom. The van der Waals surface area contributed by atoms with Crippen LogP contribution in [0, 0.1) is 5.82 Å². The number of aromatic nitrogens is 2. The molecule has 1 aliphatic rings. The van der Waals surface area contributed by atoms with Crippen LogP contribution < -0.4 is 14.8 Å². The number of nitrogens with one attached hydrogen (secondary N) is 1. The fourth-order valence-corrected chi connectivity index (χ4v) is 6.82. The van der Waals surface area contributed by atoms with E-state index in [9.17, 15) is 18.8 Å². The number of ketones is 1. The van der Waals surface area contributed by atoms with Crippen molar-refractivity contribution in [3.63, 3.8) is 0 Å². The van der Waals surface area contributed by atoms with Crippen LogP contribution >= 0.6 is 11.6 Å². The number of fused-ring (bicyclic) bond motifs is 2. The van der Waals surface area contributed by atoms with Crippen molar-refractivity contribution >= 4 is 51.0 Å². The molecule has 1 N–H and O–H groups in total. The first-order valence-electron chi connectivity index (χ1n) is 16.5. The van der Waals surface area contributed by atoms with Gasteiger partial charge in [-0.3, -0.25) is 14.4 Å². The predicted molar refractivity (Wildman–Crippen MR) is 193 cm³/mol. The largest absolute Gasteiger partial charge is 0.497 e. The lowest BCUT2D eigenvalue weighted by atomic mass is 10.1. The van der Waals surface area contributed by atoms with Crippen molar-refractivity contribution in [3.8, 4) is 22.8 Å². The average Bonchev–Trinajstić information content (AvgIpc) is 3.74. The average molecular weight is 705 g/mol. The van der Waals surface area contributed by atoms with E-state index in [0.717, 1.165) is 21.9 Å². The van der Waals surface area contributed by atoms with Crippen LogP contribution in [0.4, 0.5) is 4.39 Å². The minimum atomic E-state index is -0.916. The molecule has 2 amide bonds. The topological polar surface area (TPSA) is 103 Å². The normalized spacial score (nSPS) is 15.6. The van der Waals surface area contributed by atoms with E-state index in [1.807, 2.05) is 78.9 Å². The second-order valence-electron chi connectivity index (χ2n) is 12.5. The van der Waals surface area contributed by atoms with Gasteiger partial charge in [-0.05, 0) is 31.2 Å². The van der Waals surface area contributed by atoms with Gasteiger partial charge >= 0.3 is 0 Å². The molecule has 258 valence electrons. The molecule has 6 aromatic rings. The lowest BCUT2D eigenvalue weighted by molar-refractivity contribution is -0.139. The van der Waals surface area contributed by atoms with Gasteiger partial charge in [0.05, 0.1) is 29.9 Å². The van der Waals surface area contributed by atoms with E-state index in [0.29, 0.717) is 28.3 Å². The molecule has 0 aliphatic carbocycles. The number of amides is 2. The summed E-state index contributed by atoms with van der Waals surface area (Å²) in [6, 6.07) is 28.2. The number of ether oxygens (including phenoxy) is 2. The molecule has 1 aliphatic heterocycles. The molecule has 2 aromatic heterocycles. The second kappa shape index (κ2) is 14.2. The first-order valence-corrected chi connectivity index (χ1v) is 16.9. The Labute approximate surface area is 298 Å². The molecule has 2 unspecified atom stereocenters. The van der Waals surface area contributed by atoms with E-state index in [-0.39, 0.29) is 48.3 Å². The van der Waals surface area contributed by atoms with Crippen LogP contribution in [0.5, 0.6) is 11.5 Å². The van der Waals surface area contributed by atoms with Crippen LogP contribution in [-0.4, -0.2) is 57.8 Å². The number of hydrogen-bond acceptors (Lipinski definition) is 6. The third kappa shape index (κ3) is 6.87. The zero-order valence-corrected chi connectivity index (χ0v) is 28.7. The Hall–Kier alpha value is -5.74. The van der Waals surface area contributed by atoms with Gasteiger partial charge in [0.25, 0.3) is 0 Å². The van der Waals surface area contributed by atoms with E-state index in [1.165, 1.54) is 17.9 Å². The summed E-state index contributed by atoms with van der Waals surface area (Å²) in [5, 5.41) is 4.24. The number of likely N-dealkylation sites (tertiary alicyclic amines) is 1. The number of nitrogens with zero attached hydrogens (tertiary/aromatic N) is 3. The van der Waals surface area contributed by atoms with E-state index in [2.05, 4.69) is 5.32 Å². The van der Waals surface area contributed by atoms with Crippen LogP contribution in [0.2, 0.25) is 5.02 Å². The molecule has 51 heavy (non-hydrogen) atoms. The maximum atomic E-state index is 14.7. The summed E-state index contributed by atoms with van der Waals surface area (Å²) >= 11 is 5.97. The van der Waals surface area contributed by atoms with Crippen LogP contribution in [0.15, 0.2) is 103 Å². The minimum absolute atomic E-state index is 0.0474. The molecule has 0 bridgehead atoms. The highest BCUT2D eigenvalue weighted by Crippen LogP contribution is 2.35. The zero-order chi connectivity index (χ0) is 35.6. The smallest absolute Gasteiger partial charge is 0.243 e. The molecule has 1 fully saturated rings. The first kappa shape index (κ1) is 33.7. The van der Waals surface area contributed by atoms with Gasteiger partial charge < -0.3 is 24.3 Å². The van der Waals surface area contributed by atoms with Crippen molar-refractivity contribution in [2.75, 3.05) is 13.7 Å². The summed E-state index contributed by atoms with van der Waals surface area (Å²) in [6.45, 7) is 1.38. The van der Waals surface area contributed by atoms with Gasteiger partial charge in [-0.25, -0.2) is 9.37 Å². The lowest BCUT2D eigenvalue weighted by Gasteiger charge is -2.24. The number of carbonyl (C=O) groups excluding carboxylic acids is 3. The molecule has 3 heterocycles. The molecular weight excluding hydrogens is 671 g/mol. The predicted octanol–water partition coefficient (Wildman–Crippen LogP) is 7.23. The number of benzene rings is 4. The van der Waals surface area contributed by atoms with Gasteiger partial charge in [0.15, 0.2) is 5.78 Å². The number of pyridine rings is 1. The van der Waals surface area contributed by atoms with Gasteiger partial charge in [-0.15, -0.1) is 0 Å². The van der Waals surface area contributed by atoms with Crippen molar-refractivity contribution in [1.29, 1.82) is 0 Å². The summed E-state index contributed by atoms with van der Waals surface area (Å²) in [6.07, 6.45) is 1.29. The molecule has 0 spiro atoms. The molecule has 2 atom stereocenters. The maximum Gasteiger partial charge on any atom is 0.243 e. The Balaban J connectivity index is 1.20. The summed E-state index contributed by atoms with van der Waals surface area (Å²) in [4.78, 5) is 46.7. The van der Waals surface area contributed by atoms with Gasteiger partial charge in [-0.2, -0.15) is 0 Å². The van der Waals surface area contributed by atoms with Crippen LogP contribution in [0.25, 0.3) is 33.1 Å². The highest BCUT2D eigenvalue weighted by Gasteiger charge is 2.41. The number of Topliss-reactive ketones (excluding diaryl/α,β-unsaturated/α-hetero) is 1. The summed E-state index contributed by atoms with van der Waals surface area (Å²) < 4.78 is 28.5. The molecule has 0 radical (unpaired) electrons. The number of carbonyl (C=O) groups is 3. The van der Waals surface area contributed by atoms with Gasteiger partial charge in [0.2, 0.25) is 11.8 Å². The molecule has 11 heteroatoms. The molecule has 1 saturated heterocycles. The Kier molecular flexibility index (Phi) is 9.42. The van der Waals surface area contributed by atoms with E-state index in [1.54, 1.807) is 30.0 Å². The van der Waals surface area contributed by atoms with Crippen molar-refractivity contribution in [3.05, 3.63) is 125 Å². The third-order valence-electron chi connectivity index (χ3n) is 9.19. The SMILES string of the molecule is COc1ccc2c(OC3CC(C(=O)NCc4cccc(Cl)c4F)N(C(=O)Cn4cc(C(C)=O)c5ccccc54)C3)cc(-c3ccccc3)nc2c1. The summed E-state index contributed by atoms with van der Waals surface area (Å²) in [5.41, 5.74) is 3.71. The van der Waals surface area contributed by atoms with E-state index >= 15 is 0 Å². The quantitative estimate of drug-likeness (QED) is 0.151. The standard InChI is InChI=1S/C40H34ClFN4O5/c1-24(47)31-22-45(35-14-7-6-12-29(31)35)23-38(48)46-21-28(18-36(46)40(49)43-20-26-11-8-13-32(41)39(26)42)51-37-19-33(25-9-4-3-5-10-25)44-34-17-27(50-2)15-16-30(34)37/h3-17,19,22,28,36H,18,20-21,23H2,1-2H3,(H,43,49). The van der Waals surface area contributed by atoms with Crippen molar-refractivity contribution in [2.24, 2.45) is 0 Å². The molecule has 4 aromatic carbocycles. The summed E-state index contributed by atoms with van der Waals surface area (Å²) in [5.74, 6) is -0.332. The number of halogens is 2. The molecule has 0 saturated carbocycles. The molecular formula is C40H34ClFN4O5. The second-order valence-corrected chi connectivity index (χ2v) is 12.9. The van der Waals surface area contributed by atoms with Gasteiger partial charge in [-0.1, -0.05) is 72.3 Å². The van der Waals surface area contributed by atoms with Crippen LogP contribution in [-0.2, 0) is 22.7 Å². The highest BCUT2D eigenvalue weighted by molar-refractivity contribution is 6.30. The number of rotatable bonds is 10. The van der Waals surface area contributed by atoms with Crippen LogP contribution in [0.3, 0.4) is 0 Å². The van der Waals surface area contributed by atoms with E-state index < -0.39 is 23.9 Å². The number of hydrogen-bond donors (Lipinski definition) is 1. The highest BCUT2D eigenvalue weighted by atomic mass is 35.5. The Bertz CT molecular complexity index is 2290. The Morgan fingerprint density at radius 2 is 1.75 bits per heavy atom. The zero-order valence-electron chi connectivity index (χ0n) is 27.9. The third-order valence-corrected chi connectivity index (χ3v) is 9.48. The number of methoxy groups -OCH3 is 1. The monoisotopic (exact) mass is 704 g/mol. The minimum Gasteiger partial charge on any atom is -0.497 e. The Morgan fingerprint density at radius 1 is 0.961 bits per heavy atom. The molecule has 9 nitrogen and oxygen atoms in total. The summed E-state index contributed by atoms with van der Waals surface area (Å²) in [7, 11) is 1.59. The first-order chi connectivity index (χ1) is 24.7. The van der Waals surface area contributed by atoms with Crippen molar-refractivity contribution in [2.45, 2.75) is 38.6 Å². The fourth-order valence-electron chi connectivity index (χ4n) is 6.62. The maximum absolute atomic E-state index is 14.7. The van der Waals surface area contributed by atoms with Gasteiger partial charge in [0, 0.05) is 64.3 Å². The van der Waals surface area contributed by atoms with Gasteiger partial charge in [0.1, 0.15) is 36.0 Å².